The lowest BCUT2D eigenvalue weighted by Gasteiger charge is -2.32. The van der Waals surface area contributed by atoms with Gasteiger partial charge in [-0.15, -0.1) is 0 Å². The molecule has 0 aromatic carbocycles. The quantitative estimate of drug-likeness (QED) is 0.505. The van der Waals surface area contributed by atoms with Gasteiger partial charge in [0.25, 0.3) is 0 Å². The second-order valence-corrected chi connectivity index (χ2v) is 9.14. The SMILES string of the molecule is CC=CC(CN1CCCCC1)[SiH](CC)CC. The Kier molecular flexibility index (Phi) is 7.05. The van der Waals surface area contributed by atoms with Crippen LogP contribution < -0.4 is 0 Å². The van der Waals surface area contributed by atoms with E-state index in [-0.39, 0.29) is 0 Å². The standard InChI is InChI=1S/C14H29NSi/c1-4-10-14(16(5-2)6-3)13-15-11-8-7-9-12-15/h4,10,14,16H,5-9,11-13H2,1-3H3. The van der Waals surface area contributed by atoms with Crippen molar-refractivity contribution in [1.29, 1.82) is 0 Å². The zero-order valence-corrected chi connectivity index (χ0v) is 12.6. The fourth-order valence-electron chi connectivity index (χ4n) is 2.95. The minimum absolute atomic E-state index is 0.524. The number of allylic oxidation sites excluding steroid dienone is 1. The van der Waals surface area contributed by atoms with Crippen LogP contribution in [-0.2, 0) is 0 Å². The zero-order valence-electron chi connectivity index (χ0n) is 11.4. The van der Waals surface area contributed by atoms with Crippen LogP contribution in [0.1, 0.15) is 40.0 Å². The van der Waals surface area contributed by atoms with E-state index in [1.54, 1.807) is 0 Å². The van der Waals surface area contributed by atoms with Crippen LogP contribution in [0.25, 0.3) is 0 Å². The topological polar surface area (TPSA) is 3.24 Å². The van der Waals surface area contributed by atoms with Crippen LogP contribution in [0.2, 0.25) is 17.6 Å². The highest BCUT2D eigenvalue weighted by Gasteiger charge is 2.21. The van der Waals surface area contributed by atoms with Gasteiger partial charge in [0.15, 0.2) is 0 Å². The lowest BCUT2D eigenvalue weighted by molar-refractivity contribution is 0.232. The lowest BCUT2D eigenvalue weighted by Crippen LogP contribution is -2.36. The molecule has 1 aliphatic rings. The molecule has 1 fully saturated rings. The number of hydrogen-bond donors (Lipinski definition) is 0. The van der Waals surface area contributed by atoms with Crippen LogP contribution in [0, 0.1) is 0 Å². The predicted molar refractivity (Wildman–Crippen MR) is 77.0 cm³/mol. The van der Waals surface area contributed by atoms with Gasteiger partial charge in [0.1, 0.15) is 0 Å². The maximum Gasteiger partial charge on any atom is 0.0452 e. The molecule has 0 aliphatic carbocycles. The Hall–Kier alpha value is -0.0831. The number of rotatable bonds is 6. The molecule has 0 spiro atoms. The molecule has 0 bridgehead atoms. The Bertz CT molecular complexity index is 193. The molecule has 1 unspecified atom stereocenters. The minimum Gasteiger partial charge on any atom is -0.303 e. The molecule has 1 nitrogen and oxygen atoms in total. The largest absolute Gasteiger partial charge is 0.303 e. The summed E-state index contributed by atoms with van der Waals surface area (Å²) >= 11 is 0. The van der Waals surface area contributed by atoms with Crippen molar-refractivity contribution in [2.45, 2.75) is 57.7 Å². The van der Waals surface area contributed by atoms with Gasteiger partial charge in [-0.2, -0.15) is 0 Å². The maximum atomic E-state index is 2.71. The summed E-state index contributed by atoms with van der Waals surface area (Å²) in [4.78, 5) is 2.71. The molecule has 94 valence electrons. The fraction of sp³-hybridized carbons (Fsp3) is 0.857. The van der Waals surface area contributed by atoms with E-state index < -0.39 is 8.80 Å². The predicted octanol–water partition coefficient (Wildman–Crippen LogP) is 3.69. The van der Waals surface area contributed by atoms with Gasteiger partial charge in [-0.05, 0) is 38.4 Å². The average Bonchev–Trinajstić information content (AvgIpc) is 2.32. The summed E-state index contributed by atoms with van der Waals surface area (Å²) in [7, 11) is -0.524. The van der Waals surface area contributed by atoms with Gasteiger partial charge in [-0.1, -0.05) is 44.5 Å². The number of likely N-dealkylation sites (tertiary alicyclic amines) is 1. The Morgan fingerprint density at radius 1 is 1.12 bits per heavy atom. The van der Waals surface area contributed by atoms with Crippen LogP contribution in [0.4, 0.5) is 0 Å². The number of hydrogen-bond acceptors (Lipinski definition) is 1. The van der Waals surface area contributed by atoms with E-state index in [1.807, 2.05) is 0 Å². The normalized spacial score (nSPS) is 20.8. The molecule has 0 aromatic rings. The monoisotopic (exact) mass is 239 g/mol. The molecule has 0 radical (unpaired) electrons. The Balaban J connectivity index is 2.48. The van der Waals surface area contributed by atoms with Crippen LogP contribution in [0.5, 0.6) is 0 Å². The first-order valence-electron chi connectivity index (χ1n) is 7.16. The molecular weight excluding hydrogens is 210 g/mol. The summed E-state index contributed by atoms with van der Waals surface area (Å²) in [6.07, 6.45) is 9.08. The van der Waals surface area contributed by atoms with Gasteiger partial charge in [0.05, 0.1) is 0 Å². The Labute approximate surface area is 104 Å². The molecule has 1 heterocycles. The van der Waals surface area contributed by atoms with Gasteiger partial charge < -0.3 is 4.90 Å². The van der Waals surface area contributed by atoms with Crippen LogP contribution >= 0.6 is 0 Å². The van der Waals surface area contributed by atoms with Crippen molar-refractivity contribution >= 4 is 8.80 Å². The first-order chi connectivity index (χ1) is 7.81. The summed E-state index contributed by atoms with van der Waals surface area (Å²) in [5.41, 5.74) is 0.915. The summed E-state index contributed by atoms with van der Waals surface area (Å²) in [6.45, 7) is 11.0. The summed E-state index contributed by atoms with van der Waals surface area (Å²) in [6, 6.07) is 2.92. The third kappa shape index (κ3) is 4.42. The Morgan fingerprint density at radius 2 is 1.75 bits per heavy atom. The molecule has 1 saturated heterocycles. The first-order valence-corrected chi connectivity index (χ1v) is 9.46. The van der Waals surface area contributed by atoms with Gasteiger partial charge in [0.2, 0.25) is 0 Å². The van der Waals surface area contributed by atoms with E-state index in [2.05, 4.69) is 37.8 Å². The minimum atomic E-state index is -0.524. The molecule has 0 N–H and O–H groups in total. The average molecular weight is 239 g/mol. The third-order valence-electron chi connectivity index (χ3n) is 4.01. The van der Waals surface area contributed by atoms with E-state index in [0.29, 0.717) is 0 Å². The van der Waals surface area contributed by atoms with E-state index in [9.17, 15) is 0 Å². The van der Waals surface area contributed by atoms with Crippen molar-refractivity contribution in [3.05, 3.63) is 12.2 Å². The molecule has 1 atom stereocenters. The van der Waals surface area contributed by atoms with Crippen molar-refractivity contribution in [2.24, 2.45) is 0 Å². The van der Waals surface area contributed by atoms with E-state index in [0.717, 1.165) is 5.54 Å². The highest BCUT2D eigenvalue weighted by atomic mass is 28.3. The second-order valence-electron chi connectivity index (χ2n) is 5.13. The van der Waals surface area contributed by atoms with E-state index in [1.165, 1.54) is 51.0 Å². The number of piperidine rings is 1. The van der Waals surface area contributed by atoms with E-state index in [4.69, 9.17) is 0 Å². The molecule has 1 aliphatic heterocycles. The third-order valence-corrected chi connectivity index (χ3v) is 7.75. The first kappa shape index (κ1) is 14.0. The number of nitrogens with zero attached hydrogens (tertiary/aromatic N) is 1. The lowest BCUT2D eigenvalue weighted by atomic mass is 10.1. The second kappa shape index (κ2) is 8.07. The van der Waals surface area contributed by atoms with Gasteiger partial charge in [0, 0.05) is 15.3 Å². The fourth-order valence-corrected chi connectivity index (χ4v) is 5.87. The summed E-state index contributed by atoms with van der Waals surface area (Å²) in [5, 5.41) is 0. The van der Waals surface area contributed by atoms with Crippen molar-refractivity contribution in [3.8, 4) is 0 Å². The highest BCUT2D eigenvalue weighted by molar-refractivity contribution is 6.60. The molecular formula is C14H29NSi. The molecule has 0 aromatic heterocycles. The van der Waals surface area contributed by atoms with Crippen molar-refractivity contribution in [1.82, 2.24) is 4.90 Å². The van der Waals surface area contributed by atoms with Crippen molar-refractivity contribution < 1.29 is 0 Å². The molecule has 0 amide bonds. The molecule has 0 saturated carbocycles. The zero-order chi connectivity index (χ0) is 11.8. The molecule has 2 heteroatoms. The van der Waals surface area contributed by atoms with Gasteiger partial charge in [-0.3, -0.25) is 0 Å². The summed E-state index contributed by atoms with van der Waals surface area (Å²) < 4.78 is 0. The van der Waals surface area contributed by atoms with Crippen LogP contribution in [0.3, 0.4) is 0 Å². The van der Waals surface area contributed by atoms with Crippen molar-refractivity contribution in [3.63, 3.8) is 0 Å². The van der Waals surface area contributed by atoms with E-state index >= 15 is 0 Å². The smallest absolute Gasteiger partial charge is 0.0452 e. The van der Waals surface area contributed by atoms with Crippen molar-refractivity contribution in [2.75, 3.05) is 19.6 Å². The van der Waals surface area contributed by atoms with Gasteiger partial charge in [-0.25, -0.2) is 0 Å². The van der Waals surface area contributed by atoms with Gasteiger partial charge >= 0.3 is 0 Å². The maximum absolute atomic E-state index is 2.71. The Morgan fingerprint density at radius 3 is 2.25 bits per heavy atom. The molecule has 1 rings (SSSR count). The highest BCUT2D eigenvalue weighted by Crippen LogP contribution is 2.22. The molecule has 16 heavy (non-hydrogen) atoms. The summed E-state index contributed by atoms with van der Waals surface area (Å²) in [5.74, 6) is 0. The van der Waals surface area contributed by atoms with Crippen LogP contribution in [-0.4, -0.2) is 33.3 Å². The van der Waals surface area contributed by atoms with Crippen LogP contribution in [0.15, 0.2) is 12.2 Å².